The number of carboxylic acid groups (broad SMARTS) is 1. The number of nitrogens with one attached hydrogen (secondary N) is 1. The number of piperidine rings is 1. The van der Waals surface area contributed by atoms with Crippen molar-refractivity contribution in [3.05, 3.63) is 0 Å². The third-order valence-electron chi connectivity index (χ3n) is 3.06. The summed E-state index contributed by atoms with van der Waals surface area (Å²) >= 11 is 0. The van der Waals surface area contributed by atoms with Gasteiger partial charge in [0.15, 0.2) is 0 Å². The van der Waals surface area contributed by atoms with Gasteiger partial charge in [0.2, 0.25) is 5.91 Å². The SMILES string of the molecule is CN1CCCCC1CCC(=O)NCC(=O)O. The van der Waals surface area contributed by atoms with Gasteiger partial charge < -0.3 is 15.3 Å². The lowest BCUT2D eigenvalue weighted by molar-refractivity contribution is -0.138. The van der Waals surface area contributed by atoms with E-state index in [1.807, 2.05) is 0 Å². The molecule has 1 unspecified atom stereocenters. The van der Waals surface area contributed by atoms with Crippen LogP contribution in [0.5, 0.6) is 0 Å². The minimum Gasteiger partial charge on any atom is -0.480 e. The van der Waals surface area contributed by atoms with Crippen LogP contribution in [0.15, 0.2) is 0 Å². The smallest absolute Gasteiger partial charge is 0.322 e. The summed E-state index contributed by atoms with van der Waals surface area (Å²) < 4.78 is 0. The topological polar surface area (TPSA) is 69.6 Å². The van der Waals surface area contributed by atoms with E-state index in [2.05, 4.69) is 17.3 Å². The molecule has 0 aromatic carbocycles. The molecule has 1 amide bonds. The Labute approximate surface area is 95.8 Å². The molecular formula is C11H20N2O3. The third-order valence-corrected chi connectivity index (χ3v) is 3.06. The van der Waals surface area contributed by atoms with Gasteiger partial charge in [0, 0.05) is 12.5 Å². The highest BCUT2D eigenvalue weighted by Gasteiger charge is 2.19. The second-order valence-electron chi connectivity index (χ2n) is 4.34. The summed E-state index contributed by atoms with van der Waals surface area (Å²) in [7, 11) is 2.08. The van der Waals surface area contributed by atoms with E-state index in [0.29, 0.717) is 12.5 Å². The molecular weight excluding hydrogens is 208 g/mol. The van der Waals surface area contributed by atoms with Gasteiger partial charge in [0.05, 0.1) is 0 Å². The number of carbonyl (C=O) groups excluding carboxylic acids is 1. The van der Waals surface area contributed by atoms with Gasteiger partial charge in [-0.3, -0.25) is 9.59 Å². The largest absolute Gasteiger partial charge is 0.480 e. The van der Waals surface area contributed by atoms with Gasteiger partial charge in [-0.1, -0.05) is 6.42 Å². The zero-order valence-corrected chi connectivity index (χ0v) is 9.74. The lowest BCUT2D eigenvalue weighted by Gasteiger charge is -2.32. The van der Waals surface area contributed by atoms with Crippen molar-refractivity contribution < 1.29 is 14.7 Å². The van der Waals surface area contributed by atoms with Gasteiger partial charge >= 0.3 is 5.97 Å². The maximum atomic E-state index is 11.3. The Balaban J connectivity index is 2.17. The van der Waals surface area contributed by atoms with Crippen molar-refractivity contribution in [1.29, 1.82) is 0 Å². The Morgan fingerprint density at radius 2 is 2.19 bits per heavy atom. The van der Waals surface area contributed by atoms with E-state index in [0.717, 1.165) is 19.4 Å². The molecule has 1 aliphatic rings. The first-order valence-electron chi connectivity index (χ1n) is 5.78. The molecule has 1 rings (SSSR count). The molecule has 1 atom stereocenters. The fourth-order valence-corrected chi connectivity index (χ4v) is 2.07. The molecule has 0 saturated carbocycles. The first-order valence-corrected chi connectivity index (χ1v) is 5.78. The van der Waals surface area contributed by atoms with Gasteiger partial charge in [-0.05, 0) is 32.9 Å². The van der Waals surface area contributed by atoms with Crippen LogP contribution in [0.1, 0.15) is 32.1 Å². The van der Waals surface area contributed by atoms with Gasteiger partial charge in [-0.25, -0.2) is 0 Å². The predicted octanol–water partition coefficient (Wildman–Crippen LogP) is 0.452. The molecule has 0 aromatic heterocycles. The molecule has 2 N–H and O–H groups in total. The summed E-state index contributed by atoms with van der Waals surface area (Å²) in [4.78, 5) is 23.8. The average molecular weight is 228 g/mol. The van der Waals surface area contributed by atoms with Crippen LogP contribution in [0, 0.1) is 0 Å². The van der Waals surface area contributed by atoms with Gasteiger partial charge in [-0.2, -0.15) is 0 Å². The number of carbonyl (C=O) groups is 2. The predicted molar refractivity (Wildman–Crippen MR) is 60.1 cm³/mol. The summed E-state index contributed by atoms with van der Waals surface area (Å²) in [6.07, 6.45) is 4.84. The lowest BCUT2D eigenvalue weighted by atomic mass is 9.98. The van der Waals surface area contributed by atoms with E-state index in [-0.39, 0.29) is 12.5 Å². The van der Waals surface area contributed by atoms with Crippen molar-refractivity contribution in [2.45, 2.75) is 38.1 Å². The first kappa shape index (κ1) is 13.0. The zero-order chi connectivity index (χ0) is 12.0. The Kier molecular flexibility index (Phi) is 5.25. The average Bonchev–Trinajstić information content (AvgIpc) is 2.25. The number of carboxylic acids is 1. The summed E-state index contributed by atoms with van der Waals surface area (Å²) in [5.41, 5.74) is 0. The van der Waals surface area contributed by atoms with E-state index < -0.39 is 5.97 Å². The maximum Gasteiger partial charge on any atom is 0.322 e. The van der Waals surface area contributed by atoms with Crippen LogP contribution in [0.25, 0.3) is 0 Å². The van der Waals surface area contributed by atoms with E-state index in [1.54, 1.807) is 0 Å². The Morgan fingerprint density at radius 3 is 2.81 bits per heavy atom. The standard InChI is InChI=1S/C11H20N2O3/c1-13-7-3-2-4-9(13)5-6-10(14)12-8-11(15)16/h9H,2-8H2,1H3,(H,12,14)(H,15,16). The molecule has 16 heavy (non-hydrogen) atoms. The highest BCUT2D eigenvalue weighted by molar-refractivity contribution is 5.81. The molecule has 1 aliphatic heterocycles. The van der Waals surface area contributed by atoms with Crippen molar-refractivity contribution in [1.82, 2.24) is 10.2 Å². The van der Waals surface area contributed by atoms with Gasteiger partial charge in [0.25, 0.3) is 0 Å². The van der Waals surface area contributed by atoms with Gasteiger partial charge in [-0.15, -0.1) is 0 Å². The minimum atomic E-state index is -0.997. The lowest BCUT2D eigenvalue weighted by Crippen LogP contribution is -2.37. The third kappa shape index (κ3) is 4.61. The van der Waals surface area contributed by atoms with Crippen molar-refractivity contribution in [2.24, 2.45) is 0 Å². The van der Waals surface area contributed by atoms with E-state index in [9.17, 15) is 9.59 Å². The molecule has 0 aromatic rings. The van der Waals surface area contributed by atoms with Crippen LogP contribution in [-0.2, 0) is 9.59 Å². The van der Waals surface area contributed by atoms with Gasteiger partial charge in [0.1, 0.15) is 6.54 Å². The highest BCUT2D eigenvalue weighted by Crippen LogP contribution is 2.18. The van der Waals surface area contributed by atoms with Crippen molar-refractivity contribution in [2.75, 3.05) is 20.1 Å². The van der Waals surface area contributed by atoms with Crippen molar-refractivity contribution in [3.8, 4) is 0 Å². The maximum absolute atomic E-state index is 11.3. The summed E-state index contributed by atoms with van der Waals surface area (Å²) in [5.74, 6) is -1.16. The minimum absolute atomic E-state index is 0.165. The fourth-order valence-electron chi connectivity index (χ4n) is 2.07. The Morgan fingerprint density at radius 1 is 1.44 bits per heavy atom. The zero-order valence-electron chi connectivity index (χ0n) is 9.74. The number of likely N-dealkylation sites (tertiary alicyclic amines) is 1. The molecule has 92 valence electrons. The van der Waals surface area contributed by atoms with Crippen molar-refractivity contribution in [3.63, 3.8) is 0 Å². The summed E-state index contributed by atoms with van der Waals surface area (Å²) in [6.45, 7) is 0.820. The van der Waals surface area contributed by atoms with Crippen molar-refractivity contribution >= 4 is 11.9 Å². The number of amides is 1. The molecule has 1 saturated heterocycles. The highest BCUT2D eigenvalue weighted by atomic mass is 16.4. The number of nitrogens with zero attached hydrogens (tertiary/aromatic N) is 1. The molecule has 0 radical (unpaired) electrons. The number of hydrogen-bond donors (Lipinski definition) is 2. The number of aliphatic carboxylic acids is 1. The summed E-state index contributed by atoms with van der Waals surface area (Å²) in [6, 6.07) is 0.476. The Hall–Kier alpha value is -1.10. The second-order valence-corrected chi connectivity index (χ2v) is 4.34. The number of hydrogen-bond acceptors (Lipinski definition) is 3. The molecule has 5 heteroatoms. The number of rotatable bonds is 5. The molecule has 0 spiro atoms. The van der Waals surface area contributed by atoms with Crippen LogP contribution in [0.3, 0.4) is 0 Å². The quantitative estimate of drug-likeness (QED) is 0.717. The van der Waals surface area contributed by atoms with Crippen LogP contribution in [0.4, 0.5) is 0 Å². The van der Waals surface area contributed by atoms with E-state index in [4.69, 9.17) is 5.11 Å². The van der Waals surface area contributed by atoms with Crippen LogP contribution in [-0.4, -0.2) is 48.1 Å². The molecule has 0 aliphatic carbocycles. The molecule has 1 fully saturated rings. The van der Waals surface area contributed by atoms with E-state index >= 15 is 0 Å². The fraction of sp³-hybridized carbons (Fsp3) is 0.818. The van der Waals surface area contributed by atoms with Crippen LogP contribution >= 0.6 is 0 Å². The molecule has 0 bridgehead atoms. The second kappa shape index (κ2) is 6.48. The van der Waals surface area contributed by atoms with Crippen LogP contribution < -0.4 is 5.32 Å². The first-order chi connectivity index (χ1) is 7.59. The van der Waals surface area contributed by atoms with E-state index in [1.165, 1.54) is 12.8 Å². The summed E-state index contributed by atoms with van der Waals surface area (Å²) in [5, 5.41) is 10.8. The van der Waals surface area contributed by atoms with Crippen LogP contribution in [0.2, 0.25) is 0 Å². The Bertz CT molecular complexity index is 256. The monoisotopic (exact) mass is 228 g/mol. The normalized spacial score (nSPS) is 21.7. The molecule has 5 nitrogen and oxygen atoms in total. The molecule has 1 heterocycles.